The van der Waals surface area contributed by atoms with E-state index in [1.54, 1.807) is 12.1 Å². The molecule has 2 rings (SSSR count). The van der Waals surface area contributed by atoms with Crippen molar-refractivity contribution in [1.29, 1.82) is 0 Å². The number of benzene rings is 1. The highest BCUT2D eigenvalue weighted by Gasteiger charge is 2.66. The zero-order valence-corrected chi connectivity index (χ0v) is 13.1. The molecule has 0 radical (unpaired) electrons. The molecule has 0 saturated heterocycles. The second-order valence-electron chi connectivity index (χ2n) is 6.76. The van der Waals surface area contributed by atoms with Crippen LogP contribution in [0.2, 0.25) is 5.02 Å². The molecule has 1 N–H and O–H groups in total. The molecule has 19 heavy (non-hydrogen) atoms. The van der Waals surface area contributed by atoms with E-state index in [1.165, 1.54) is 6.07 Å². The maximum absolute atomic E-state index is 13.9. The minimum atomic E-state index is -0.205. The van der Waals surface area contributed by atoms with Crippen molar-refractivity contribution in [3.05, 3.63) is 34.6 Å². The predicted molar refractivity (Wildman–Crippen MR) is 79.0 cm³/mol. The van der Waals surface area contributed by atoms with Gasteiger partial charge in [-0.15, -0.1) is 0 Å². The summed E-state index contributed by atoms with van der Waals surface area (Å²) in [5.41, 5.74) is 1.33. The van der Waals surface area contributed by atoms with Crippen LogP contribution in [0.1, 0.15) is 33.3 Å². The lowest BCUT2D eigenvalue weighted by Crippen LogP contribution is -2.32. The van der Waals surface area contributed by atoms with Gasteiger partial charge in [0, 0.05) is 11.1 Å². The van der Waals surface area contributed by atoms with Gasteiger partial charge in [-0.25, -0.2) is 4.39 Å². The van der Waals surface area contributed by atoms with E-state index in [1.807, 2.05) is 7.05 Å². The number of hydrogen-bond acceptors (Lipinski definition) is 1. The molecule has 1 unspecified atom stereocenters. The summed E-state index contributed by atoms with van der Waals surface area (Å²) in [7, 11) is 1.96. The van der Waals surface area contributed by atoms with Gasteiger partial charge < -0.3 is 5.32 Å². The monoisotopic (exact) mass is 283 g/mol. The molecular formula is C16H23ClFN. The Hall–Kier alpha value is -0.600. The molecule has 3 heteroatoms. The molecule has 0 bridgehead atoms. The Morgan fingerprint density at radius 2 is 1.84 bits per heavy atom. The van der Waals surface area contributed by atoms with Crippen molar-refractivity contribution in [2.24, 2.45) is 16.7 Å². The smallest absolute Gasteiger partial charge is 0.127 e. The highest BCUT2D eigenvalue weighted by Crippen LogP contribution is 2.69. The molecular weight excluding hydrogens is 261 g/mol. The largest absolute Gasteiger partial charge is 0.316 e. The average molecular weight is 284 g/mol. The summed E-state index contributed by atoms with van der Waals surface area (Å²) in [6, 6.07) is 5.24. The SMILES string of the molecule is CNC(Cc1ccc(Cl)cc1F)C1C(C)(C)C1(C)C. The highest BCUT2D eigenvalue weighted by molar-refractivity contribution is 6.30. The molecule has 1 nitrogen and oxygen atoms in total. The summed E-state index contributed by atoms with van der Waals surface area (Å²) in [6.45, 7) is 9.17. The first-order valence-corrected chi connectivity index (χ1v) is 7.21. The zero-order chi connectivity index (χ0) is 14.4. The van der Waals surface area contributed by atoms with Crippen LogP contribution in [0.15, 0.2) is 18.2 Å². The summed E-state index contributed by atoms with van der Waals surface area (Å²) in [4.78, 5) is 0. The lowest BCUT2D eigenvalue weighted by Gasteiger charge is -2.19. The van der Waals surface area contributed by atoms with Gasteiger partial charge in [-0.1, -0.05) is 45.4 Å². The van der Waals surface area contributed by atoms with Crippen LogP contribution >= 0.6 is 11.6 Å². The number of nitrogens with one attached hydrogen (secondary N) is 1. The van der Waals surface area contributed by atoms with E-state index >= 15 is 0 Å². The maximum Gasteiger partial charge on any atom is 0.127 e. The van der Waals surface area contributed by atoms with Crippen molar-refractivity contribution in [3.8, 4) is 0 Å². The fraction of sp³-hybridized carbons (Fsp3) is 0.625. The van der Waals surface area contributed by atoms with Crippen LogP contribution < -0.4 is 5.32 Å². The van der Waals surface area contributed by atoms with Crippen LogP contribution in [0.3, 0.4) is 0 Å². The molecule has 1 aliphatic carbocycles. The second-order valence-corrected chi connectivity index (χ2v) is 7.19. The van der Waals surface area contributed by atoms with Gasteiger partial charge in [0.1, 0.15) is 5.82 Å². The number of hydrogen-bond donors (Lipinski definition) is 1. The van der Waals surface area contributed by atoms with Crippen LogP contribution in [-0.2, 0) is 6.42 Å². The molecule has 0 heterocycles. The molecule has 1 aromatic rings. The Balaban J connectivity index is 2.17. The third-order valence-corrected chi connectivity index (χ3v) is 5.60. The number of halogens is 2. The van der Waals surface area contributed by atoms with E-state index in [9.17, 15) is 4.39 Å². The van der Waals surface area contributed by atoms with Gasteiger partial charge in [-0.2, -0.15) is 0 Å². The Morgan fingerprint density at radius 3 is 2.26 bits per heavy atom. The molecule has 1 aromatic carbocycles. The van der Waals surface area contributed by atoms with Crippen molar-refractivity contribution >= 4 is 11.6 Å². The van der Waals surface area contributed by atoms with Crippen molar-refractivity contribution in [3.63, 3.8) is 0 Å². The van der Waals surface area contributed by atoms with Crippen LogP contribution in [-0.4, -0.2) is 13.1 Å². The van der Waals surface area contributed by atoms with E-state index in [2.05, 4.69) is 33.0 Å². The minimum absolute atomic E-state index is 0.205. The molecule has 0 amide bonds. The second kappa shape index (κ2) is 4.75. The van der Waals surface area contributed by atoms with E-state index in [0.29, 0.717) is 34.2 Å². The first-order valence-electron chi connectivity index (χ1n) is 6.83. The van der Waals surface area contributed by atoms with E-state index in [0.717, 1.165) is 5.56 Å². The standard InChI is InChI=1S/C16H23ClFN/c1-15(2)14(16(15,3)4)13(19-5)8-10-6-7-11(17)9-12(10)18/h6-7,9,13-14,19H,8H2,1-5H3. The van der Waals surface area contributed by atoms with Crippen molar-refractivity contribution < 1.29 is 4.39 Å². The van der Waals surface area contributed by atoms with Gasteiger partial charge in [-0.05, 0) is 47.9 Å². The molecule has 1 aliphatic rings. The molecule has 106 valence electrons. The summed E-state index contributed by atoms with van der Waals surface area (Å²) in [6.07, 6.45) is 0.705. The van der Waals surface area contributed by atoms with Crippen LogP contribution in [0.4, 0.5) is 4.39 Å². The van der Waals surface area contributed by atoms with Crippen molar-refractivity contribution in [1.82, 2.24) is 5.32 Å². The van der Waals surface area contributed by atoms with Gasteiger partial charge in [0.15, 0.2) is 0 Å². The Morgan fingerprint density at radius 1 is 1.26 bits per heavy atom. The fourth-order valence-electron chi connectivity index (χ4n) is 3.56. The summed E-state index contributed by atoms with van der Waals surface area (Å²) < 4.78 is 13.9. The third-order valence-electron chi connectivity index (χ3n) is 5.36. The first kappa shape index (κ1) is 14.8. The van der Waals surface area contributed by atoms with Crippen LogP contribution in [0.5, 0.6) is 0 Å². The zero-order valence-electron chi connectivity index (χ0n) is 12.3. The normalized spacial score (nSPS) is 22.3. The Kier molecular flexibility index (Phi) is 3.70. The molecule has 0 spiro atoms. The fourth-order valence-corrected chi connectivity index (χ4v) is 3.72. The van der Waals surface area contributed by atoms with E-state index < -0.39 is 0 Å². The average Bonchev–Trinajstić information content (AvgIpc) is 2.70. The van der Waals surface area contributed by atoms with Crippen LogP contribution in [0, 0.1) is 22.6 Å². The molecule has 0 aromatic heterocycles. The Bertz CT molecular complexity index is 468. The predicted octanol–water partition coefficient (Wildman–Crippen LogP) is 4.29. The van der Waals surface area contributed by atoms with Gasteiger partial charge in [0.2, 0.25) is 0 Å². The van der Waals surface area contributed by atoms with Crippen molar-refractivity contribution in [2.45, 2.75) is 40.2 Å². The van der Waals surface area contributed by atoms with Crippen LogP contribution in [0.25, 0.3) is 0 Å². The topological polar surface area (TPSA) is 12.0 Å². The number of rotatable bonds is 4. The lowest BCUT2D eigenvalue weighted by molar-refractivity contribution is 0.415. The van der Waals surface area contributed by atoms with Gasteiger partial charge >= 0.3 is 0 Å². The van der Waals surface area contributed by atoms with Gasteiger partial charge in [0.25, 0.3) is 0 Å². The first-order chi connectivity index (χ1) is 8.71. The molecule has 1 atom stereocenters. The minimum Gasteiger partial charge on any atom is -0.316 e. The molecule has 0 aliphatic heterocycles. The molecule has 1 fully saturated rings. The highest BCUT2D eigenvalue weighted by atomic mass is 35.5. The lowest BCUT2D eigenvalue weighted by atomic mass is 9.96. The van der Waals surface area contributed by atoms with Gasteiger partial charge in [-0.3, -0.25) is 0 Å². The summed E-state index contributed by atoms with van der Waals surface area (Å²) in [5.74, 6) is 0.351. The Labute approximate surface area is 120 Å². The quantitative estimate of drug-likeness (QED) is 0.869. The molecule has 1 saturated carbocycles. The third kappa shape index (κ3) is 2.41. The maximum atomic E-state index is 13.9. The van der Waals surface area contributed by atoms with Gasteiger partial charge in [0.05, 0.1) is 0 Å². The number of likely N-dealkylation sites (N-methyl/N-ethyl adjacent to an activating group) is 1. The summed E-state index contributed by atoms with van der Waals surface area (Å²) >= 11 is 5.80. The summed E-state index contributed by atoms with van der Waals surface area (Å²) in [5, 5.41) is 3.82. The van der Waals surface area contributed by atoms with E-state index in [-0.39, 0.29) is 5.82 Å². The van der Waals surface area contributed by atoms with Crippen molar-refractivity contribution in [2.75, 3.05) is 7.05 Å². The van der Waals surface area contributed by atoms with E-state index in [4.69, 9.17) is 11.6 Å².